The van der Waals surface area contributed by atoms with Crippen molar-refractivity contribution in [2.75, 3.05) is 13.1 Å². The summed E-state index contributed by atoms with van der Waals surface area (Å²) in [5.74, 6) is -0.0149. The number of nitrogens with zero attached hydrogens (tertiary/aromatic N) is 2. The highest BCUT2D eigenvalue weighted by Gasteiger charge is 2.23. The van der Waals surface area contributed by atoms with E-state index in [1.54, 1.807) is 4.90 Å². The van der Waals surface area contributed by atoms with Crippen LogP contribution in [0.4, 0.5) is 0 Å². The molecule has 0 aliphatic rings. The summed E-state index contributed by atoms with van der Waals surface area (Å²) >= 11 is 0. The maximum Gasteiger partial charge on any atom is 0.242 e. The molecule has 0 atom stereocenters. The van der Waals surface area contributed by atoms with Crippen molar-refractivity contribution in [1.29, 1.82) is 0 Å². The van der Waals surface area contributed by atoms with Gasteiger partial charge < -0.3 is 14.8 Å². The van der Waals surface area contributed by atoms with Gasteiger partial charge in [0.05, 0.1) is 6.54 Å². The molecular formula is C31H35N3O2. The fourth-order valence-corrected chi connectivity index (χ4v) is 4.53. The van der Waals surface area contributed by atoms with Crippen molar-refractivity contribution in [3.8, 4) is 0 Å². The third-order valence-corrected chi connectivity index (χ3v) is 6.61. The summed E-state index contributed by atoms with van der Waals surface area (Å²) < 4.78 is 0. The Kier molecular flexibility index (Phi) is 8.56. The lowest BCUT2D eigenvalue weighted by Gasteiger charge is -2.30. The molecule has 2 amide bonds. The van der Waals surface area contributed by atoms with Gasteiger partial charge >= 0.3 is 0 Å². The first-order chi connectivity index (χ1) is 17.5. The monoisotopic (exact) mass is 481 g/mol. The summed E-state index contributed by atoms with van der Waals surface area (Å²) in [5.41, 5.74) is 4.50. The predicted octanol–water partition coefficient (Wildman–Crippen LogP) is 5.61. The molecule has 0 aliphatic carbocycles. The van der Waals surface area contributed by atoms with Crippen LogP contribution >= 0.6 is 0 Å². The fraction of sp³-hybridized carbons (Fsp3) is 0.290. The number of aromatic amines is 1. The number of carbonyl (C=O) groups is 2. The molecule has 3 aromatic carbocycles. The summed E-state index contributed by atoms with van der Waals surface area (Å²) in [5, 5.41) is 1.18. The highest BCUT2D eigenvalue weighted by molar-refractivity contribution is 5.85. The van der Waals surface area contributed by atoms with Crippen molar-refractivity contribution in [3.63, 3.8) is 0 Å². The minimum atomic E-state index is -0.0515. The topological polar surface area (TPSA) is 56.4 Å². The molecule has 0 aliphatic heterocycles. The lowest BCUT2D eigenvalue weighted by molar-refractivity contribution is -0.142. The molecule has 5 heteroatoms. The summed E-state index contributed by atoms with van der Waals surface area (Å²) in [6.07, 6.45) is 3.84. The highest BCUT2D eigenvalue weighted by atomic mass is 16.2. The number of aromatic nitrogens is 1. The second-order valence-electron chi connectivity index (χ2n) is 9.51. The zero-order valence-corrected chi connectivity index (χ0v) is 21.2. The zero-order valence-electron chi connectivity index (χ0n) is 21.2. The number of amides is 2. The number of fused-ring (bicyclic) bond motifs is 1. The predicted molar refractivity (Wildman–Crippen MR) is 145 cm³/mol. The third-order valence-electron chi connectivity index (χ3n) is 6.61. The van der Waals surface area contributed by atoms with Gasteiger partial charge in [0, 0.05) is 42.7 Å². The highest BCUT2D eigenvalue weighted by Crippen LogP contribution is 2.19. The van der Waals surface area contributed by atoms with Gasteiger partial charge in [0.15, 0.2) is 0 Å². The molecule has 0 radical (unpaired) electrons. The smallest absolute Gasteiger partial charge is 0.242 e. The van der Waals surface area contributed by atoms with Crippen LogP contribution in [-0.4, -0.2) is 45.7 Å². The van der Waals surface area contributed by atoms with Crippen molar-refractivity contribution in [2.24, 2.45) is 0 Å². The van der Waals surface area contributed by atoms with Crippen LogP contribution in [0.3, 0.4) is 0 Å². The van der Waals surface area contributed by atoms with Crippen LogP contribution in [0.1, 0.15) is 37.0 Å². The van der Waals surface area contributed by atoms with Gasteiger partial charge in [0.2, 0.25) is 11.8 Å². The van der Waals surface area contributed by atoms with E-state index in [0.29, 0.717) is 25.9 Å². The Labute approximate surface area is 213 Å². The molecule has 0 fully saturated rings. The standard InChI is InChI=1S/C31H35N3O2/c1-24(2)34(30(35)18-17-25-11-5-3-6-12-25)23-31(36)33(22-26-13-7-4-8-14-26)20-19-27-21-32-29-16-10-9-15-28(27)29/h3-16,21,24,32H,17-20,22-23H2,1-2H3. The number of hydrogen-bond donors (Lipinski definition) is 1. The number of carbonyl (C=O) groups excluding carboxylic acids is 2. The molecule has 0 saturated heterocycles. The zero-order chi connectivity index (χ0) is 25.3. The van der Waals surface area contributed by atoms with Gasteiger partial charge in [-0.05, 0) is 49.4 Å². The average Bonchev–Trinajstić information content (AvgIpc) is 3.32. The Hall–Kier alpha value is -3.86. The Morgan fingerprint density at radius 1 is 0.778 bits per heavy atom. The SMILES string of the molecule is CC(C)N(CC(=O)N(CCc1c[nH]c2ccccc12)Cc1ccccc1)C(=O)CCc1ccccc1. The summed E-state index contributed by atoms with van der Waals surface area (Å²) in [6, 6.07) is 28.2. The van der Waals surface area contributed by atoms with Crippen molar-refractivity contribution >= 4 is 22.7 Å². The Morgan fingerprint density at radius 3 is 2.11 bits per heavy atom. The van der Waals surface area contributed by atoms with Gasteiger partial charge in [-0.15, -0.1) is 0 Å². The molecule has 0 unspecified atom stereocenters. The number of hydrogen-bond acceptors (Lipinski definition) is 2. The Balaban J connectivity index is 1.45. The Bertz CT molecular complexity index is 1260. The molecule has 1 aromatic heterocycles. The molecule has 4 aromatic rings. The van der Waals surface area contributed by atoms with E-state index in [0.717, 1.165) is 23.1 Å². The van der Waals surface area contributed by atoms with Crippen molar-refractivity contribution in [2.45, 2.75) is 45.7 Å². The van der Waals surface area contributed by atoms with E-state index in [1.165, 1.54) is 10.9 Å². The molecular weight excluding hydrogens is 446 g/mol. The van der Waals surface area contributed by atoms with Crippen LogP contribution in [-0.2, 0) is 29.0 Å². The first-order valence-corrected chi connectivity index (χ1v) is 12.7. The quantitative estimate of drug-likeness (QED) is 0.303. The van der Waals surface area contributed by atoms with E-state index < -0.39 is 0 Å². The van der Waals surface area contributed by atoms with Gasteiger partial charge in [0.25, 0.3) is 0 Å². The average molecular weight is 482 g/mol. The van der Waals surface area contributed by atoms with Gasteiger partial charge in [-0.2, -0.15) is 0 Å². The van der Waals surface area contributed by atoms with Crippen molar-refractivity contribution in [3.05, 3.63) is 108 Å². The van der Waals surface area contributed by atoms with Gasteiger partial charge in [-0.3, -0.25) is 9.59 Å². The van der Waals surface area contributed by atoms with Crippen LogP contribution < -0.4 is 0 Å². The number of rotatable bonds is 11. The largest absolute Gasteiger partial charge is 0.361 e. The van der Waals surface area contributed by atoms with E-state index in [1.807, 2.05) is 97.7 Å². The molecule has 36 heavy (non-hydrogen) atoms. The van der Waals surface area contributed by atoms with Crippen LogP contribution in [0.2, 0.25) is 0 Å². The summed E-state index contributed by atoms with van der Waals surface area (Å²) in [7, 11) is 0. The number of aryl methyl sites for hydroxylation is 1. The van der Waals surface area contributed by atoms with E-state index in [9.17, 15) is 9.59 Å². The molecule has 5 nitrogen and oxygen atoms in total. The number of H-pyrrole nitrogens is 1. The summed E-state index contributed by atoms with van der Waals surface area (Å²) in [4.78, 5) is 33.6. The fourth-order valence-electron chi connectivity index (χ4n) is 4.53. The lowest BCUT2D eigenvalue weighted by Crippen LogP contribution is -2.46. The molecule has 0 spiro atoms. The Morgan fingerprint density at radius 2 is 1.42 bits per heavy atom. The van der Waals surface area contributed by atoms with Crippen molar-refractivity contribution in [1.82, 2.24) is 14.8 Å². The van der Waals surface area contributed by atoms with Crippen LogP contribution in [0, 0.1) is 0 Å². The minimum Gasteiger partial charge on any atom is -0.361 e. The summed E-state index contributed by atoms with van der Waals surface area (Å²) in [6.45, 7) is 5.14. The lowest BCUT2D eigenvalue weighted by atomic mass is 10.1. The molecule has 4 rings (SSSR count). The number of para-hydroxylation sites is 1. The van der Waals surface area contributed by atoms with Crippen LogP contribution in [0.15, 0.2) is 91.1 Å². The second-order valence-corrected chi connectivity index (χ2v) is 9.51. The molecule has 0 saturated carbocycles. The maximum atomic E-state index is 13.6. The minimum absolute atomic E-state index is 0.0125. The van der Waals surface area contributed by atoms with Crippen LogP contribution in [0.25, 0.3) is 10.9 Å². The normalized spacial score (nSPS) is 11.1. The maximum absolute atomic E-state index is 13.6. The third kappa shape index (κ3) is 6.63. The van der Waals surface area contributed by atoms with E-state index in [-0.39, 0.29) is 24.4 Å². The van der Waals surface area contributed by atoms with Gasteiger partial charge in [0.1, 0.15) is 0 Å². The second kappa shape index (κ2) is 12.2. The first-order valence-electron chi connectivity index (χ1n) is 12.7. The van der Waals surface area contributed by atoms with Crippen molar-refractivity contribution < 1.29 is 9.59 Å². The van der Waals surface area contributed by atoms with Gasteiger partial charge in [-0.1, -0.05) is 78.9 Å². The van der Waals surface area contributed by atoms with Gasteiger partial charge in [-0.25, -0.2) is 0 Å². The molecule has 186 valence electrons. The molecule has 1 N–H and O–H groups in total. The molecule has 0 bridgehead atoms. The van der Waals surface area contributed by atoms with E-state index in [2.05, 4.69) is 17.1 Å². The van der Waals surface area contributed by atoms with E-state index >= 15 is 0 Å². The number of benzene rings is 3. The van der Waals surface area contributed by atoms with E-state index in [4.69, 9.17) is 0 Å². The first kappa shape index (κ1) is 25.2. The number of nitrogens with one attached hydrogen (secondary N) is 1. The van der Waals surface area contributed by atoms with Crippen LogP contribution in [0.5, 0.6) is 0 Å². The molecule has 1 heterocycles.